The van der Waals surface area contributed by atoms with E-state index in [1.165, 1.54) is 25.3 Å². The summed E-state index contributed by atoms with van der Waals surface area (Å²) in [5.41, 5.74) is -6.30. The van der Waals surface area contributed by atoms with Crippen LogP contribution in [0.25, 0.3) is 11.1 Å². The summed E-state index contributed by atoms with van der Waals surface area (Å²) < 4.78 is 85.4. The molecule has 0 radical (unpaired) electrons. The molecule has 0 spiro atoms. The SMILES string of the molecule is COCCOCOC(=O)c1cc(OS(=O)(=O)C(F)(F)F)ccc1-c1ccc(C(=O)NCC(C)C)cc1C(=O)OC. The predicted octanol–water partition coefficient (Wildman–Crippen LogP) is 3.53. The van der Waals surface area contributed by atoms with E-state index in [1.807, 2.05) is 13.8 Å². The Labute approximate surface area is 228 Å². The fourth-order valence-electron chi connectivity index (χ4n) is 3.13. The van der Waals surface area contributed by atoms with Crippen molar-refractivity contribution in [1.82, 2.24) is 5.32 Å². The molecule has 0 saturated heterocycles. The molecule has 15 heteroatoms. The van der Waals surface area contributed by atoms with Crippen molar-refractivity contribution in [2.75, 3.05) is 40.8 Å². The van der Waals surface area contributed by atoms with E-state index in [0.29, 0.717) is 12.6 Å². The second-order valence-electron chi connectivity index (χ2n) is 8.50. The highest BCUT2D eigenvalue weighted by atomic mass is 32.2. The van der Waals surface area contributed by atoms with Gasteiger partial charge in [0.25, 0.3) is 5.91 Å². The molecule has 0 aliphatic rings. The van der Waals surface area contributed by atoms with Crippen molar-refractivity contribution in [1.29, 1.82) is 0 Å². The maximum absolute atomic E-state index is 12.9. The van der Waals surface area contributed by atoms with Gasteiger partial charge in [-0.25, -0.2) is 9.59 Å². The van der Waals surface area contributed by atoms with Gasteiger partial charge in [0.05, 0.1) is 31.5 Å². The van der Waals surface area contributed by atoms with Crippen molar-refractivity contribution in [3.05, 3.63) is 53.1 Å². The first-order chi connectivity index (χ1) is 18.7. The van der Waals surface area contributed by atoms with E-state index >= 15 is 0 Å². The lowest BCUT2D eigenvalue weighted by atomic mass is 9.93. The molecule has 11 nitrogen and oxygen atoms in total. The fraction of sp³-hybridized carbons (Fsp3) is 0.400. The summed E-state index contributed by atoms with van der Waals surface area (Å²) in [6.07, 6.45) is 0. The minimum absolute atomic E-state index is 0.0322. The molecule has 1 amide bonds. The number of esters is 2. The summed E-state index contributed by atoms with van der Waals surface area (Å²) in [7, 11) is -3.56. The van der Waals surface area contributed by atoms with Crippen LogP contribution in [0, 0.1) is 5.92 Å². The van der Waals surface area contributed by atoms with E-state index in [1.54, 1.807) is 0 Å². The monoisotopic (exact) mass is 591 g/mol. The van der Waals surface area contributed by atoms with Crippen LogP contribution in [0.15, 0.2) is 36.4 Å². The van der Waals surface area contributed by atoms with Gasteiger partial charge >= 0.3 is 27.6 Å². The van der Waals surface area contributed by atoms with Crippen LogP contribution in [0.2, 0.25) is 0 Å². The standard InChI is InChI=1S/C25H28F3NO10S/c1-15(2)13-29-22(30)16-5-7-18(20(11-16)23(31)36-4)19-8-6-17(39-40(33,34)25(26,27)28)12-21(19)24(32)38-14-37-10-9-35-3/h5-8,11-12,15H,9-10,13-14H2,1-4H3,(H,29,30). The van der Waals surface area contributed by atoms with Crippen molar-refractivity contribution in [3.63, 3.8) is 0 Å². The van der Waals surface area contributed by atoms with Gasteiger partial charge in [-0.1, -0.05) is 19.9 Å². The summed E-state index contributed by atoms with van der Waals surface area (Å²) in [5.74, 6) is -3.22. The maximum Gasteiger partial charge on any atom is 0.534 e. The van der Waals surface area contributed by atoms with Gasteiger partial charge in [-0.2, -0.15) is 21.6 Å². The van der Waals surface area contributed by atoms with Crippen LogP contribution in [0.4, 0.5) is 13.2 Å². The highest BCUT2D eigenvalue weighted by molar-refractivity contribution is 7.88. The Morgan fingerprint density at radius 2 is 1.55 bits per heavy atom. The van der Waals surface area contributed by atoms with Crippen molar-refractivity contribution < 1.29 is 59.1 Å². The number of amides is 1. The molecule has 0 aliphatic heterocycles. The Bertz CT molecular complexity index is 1330. The van der Waals surface area contributed by atoms with Crippen LogP contribution in [-0.2, 0) is 29.1 Å². The number of carbonyl (C=O) groups is 3. The van der Waals surface area contributed by atoms with Crippen LogP contribution in [0.5, 0.6) is 5.75 Å². The van der Waals surface area contributed by atoms with Gasteiger partial charge in [0, 0.05) is 19.2 Å². The molecule has 0 heterocycles. The predicted molar refractivity (Wildman–Crippen MR) is 134 cm³/mol. The second kappa shape index (κ2) is 14.1. The Kier molecular flexibility index (Phi) is 11.5. The average molecular weight is 592 g/mol. The van der Waals surface area contributed by atoms with E-state index in [2.05, 4.69) is 9.50 Å². The summed E-state index contributed by atoms with van der Waals surface area (Å²) in [6, 6.07) is 6.53. The third-order valence-corrected chi connectivity index (χ3v) is 6.03. The molecule has 0 aliphatic carbocycles. The summed E-state index contributed by atoms with van der Waals surface area (Å²) in [4.78, 5) is 38.1. The molecule has 2 aromatic carbocycles. The Balaban J connectivity index is 2.60. The topological polar surface area (TPSA) is 144 Å². The quantitative estimate of drug-likeness (QED) is 0.121. The molecule has 2 aromatic rings. The highest BCUT2D eigenvalue weighted by Crippen LogP contribution is 2.34. The molecule has 40 heavy (non-hydrogen) atoms. The van der Waals surface area contributed by atoms with E-state index < -0.39 is 51.6 Å². The smallest absolute Gasteiger partial charge is 0.465 e. The maximum atomic E-state index is 12.9. The van der Waals surface area contributed by atoms with E-state index in [0.717, 1.165) is 19.2 Å². The van der Waals surface area contributed by atoms with Gasteiger partial charge in [-0.3, -0.25) is 4.79 Å². The zero-order valence-corrected chi connectivity index (χ0v) is 22.8. The van der Waals surface area contributed by atoms with Crippen LogP contribution in [-0.4, -0.2) is 72.5 Å². The zero-order chi connectivity index (χ0) is 30.1. The first-order valence-corrected chi connectivity index (χ1v) is 13.0. The number of benzene rings is 2. The molecule has 0 bridgehead atoms. The Morgan fingerprint density at radius 1 is 0.925 bits per heavy atom. The minimum Gasteiger partial charge on any atom is -0.465 e. The number of carbonyl (C=O) groups excluding carboxylic acids is 3. The third-order valence-electron chi connectivity index (χ3n) is 5.05. The van der Waals surface area contributed by atoms with E-state index in [-0.39, 0.29) is 41.4 Å². The Morgan fingerprint density at radius 3 is 2.12 bits per heavy atom. The zero-order valence-electron chi connectivity index (χ0n) is 22.0. The molecular formula is C25H28F3NO10S. The van der Waals surface area contributed by atoms with Gasteiger partial charge in [0.15, 0.2) is 6.79 Å². The second-order valence-corrected chi connectivity index (χ2v) is 10.0. The average Bonchev–Trinajstić information content (AvgIpc) is 2.89. The van der Waals surface area contributed by atoms with Crippen LogP contribution >= 0.6 is 0 Å². The summed E-state index contributed by atoms with van der Waals surface area (Å²) in [6.45, 7) is 3.79. The van der Waals surface area contributed by atoms with Crippen LogP contribution < -0.4 is 9.50 Å². The molecule has 0 aromatic heterocycles. The van der Waals surface area contributed by atoms with E-state index in [4.69, 9.17) is 18.9 Å². The lowest BCUT2D eigenvalue weighted by Crippen LogP contribution is -2.28. The molecule has 0 unspecified atom stereocenters. The molecule has 0 saturated carbocycles. The number of ether oxygens (including phenoxy) is 4. The number of nitrogens with one attached hydrogen (secondary N) is 1. The normalized spacial score (nSPS) is 11.7. The summed E-state index contributed by atoms with van der Waals surface area (Å²) >= 11 is 0. The van der Waals surface area contributed by atoms with Crippen molar-refractivity contribution in [3.8, 4) is 16.9 Å². The molecular weight excluding hydrogens is 563 g/mol. The lowest BCUT2D eigenvalue weighted by molar-refractivity contribution is -0.0500. The number of hydrogen-bond acceptors (Lipinski definition) is 10. The number of halogens is 3. The van der Waals surface area contributed by atoms with Gasteiger partial charge in [0.2, 0.25) is 0 Å². The highest BCUT2D eigenvalue weighted by Gasteiger charge is 2.48. The molecule has 1 N–H and O–H groups in total. The van der Waals surface area contributed by atoms with Gasteiger partial charge in [-0.15, -0.1) is 0 Å². The molecule has 2 rings (SSSR count). The fourth-order valence-corrected chi connectivity index (χ4v) is 3.58. The van der Waals surface area contributed by atoms with E-state index in [9.17, 15) is 36.0 Å². The number of rotatable bonds is 13. The van der Waals surface area contributed by atoms with Crippen molar-refractivity contribution in [2.45, 2.75) is 19.4 Å². The number of alkyl halides is 3. The largest absolute Gasteiger partial charge is 0.534 e. The van der Waals surface area contributed by atoms with Crippen molar-refractivity contribution >= 4 is 28.0 Å². The molecule has 0 atom stereocenters. The lowest BCUT2D eigenvalue weighted by Gasteiger charge is -2.16. The van der Waals surface area contributed by atoms with Gasteiger partial charge in [0.1, 0.15) is 5.75 Å². The molecule has 220 valence electrons. The summed E-state index contributed by atoms with van der Waals surface area (Å²) in [5, 5.41) is 2.70. The third kappa shape index (κ3) is 8.66. The minimum atomic E-state index is -6.06. The van der Waals surface area contributed by atoms with Crippen LogP contribution in [0.3, 0.4) is 0 Å². The Hall–Kier alpha value is -3.69. The van der Waals surface area contributed by atoms with Gasteiger partial charge in [-0.05, 0) is 47.4 Å². The first kappa shape index (κ1) is 32.5. The number of methoxy groups -OCH3 is 2. The number of hydrogen-bond donors (Lipinski definition) is 1. The van der Waals surface area contributed by atoms with Crippen molar-refractivity contribution in [2.24, 2.45) is 5.92 Å². The molecule has 0 fully saturated rings. The first-order valence-electron chi connectivity index (χ1n) is 11.6. The van der Waals surface area contributed by atoms with Gasteiger partial charge < -0.3 is 28.4 Å². The van der Waals surface area contributed by atoms with Crippen LogP contribution in [0.1, 0.15) is 44.9 Å².